The predicted octanol–water partition coefficient (Wildman–Crippen LogP) is 2.75. The number of nitrogens with zero attached hydrogens (tertiary/aromatic N) is 1. The van der Waals surface area contributed by atoms with E-state index in [1.54, 1.807) is 0 Å². The third kappa shape index (κ3) is 4.26. The smallest absolute Gasteiger partial charge is 0.269 e. The Bertz CT molecular complexity index is 418. The highest BCUT2D eigenvalue weighted by Crippen LogP contribution is 2.34. The van der Waals surface area contributed by atoms with Crippen molar-refractivity contribution in [1.29, 1.82) is 0 Å². The van der Waals surface area contributed by atoms with Gasteiger partial charge < -0.3 is 10.2 Å². The van der Waals surface area contributed by atoms with Gasteiger partial charge in [0.05, 0.1) is 11.0 Å². The molecule has 0 saturated heterocycles. The number of nitro groups is 1. The van der Waals surface area contributed by atoms with Gasteiger partial charge in [-0.3, -0.25) is 10.1 Å². The predicted molar refractivity (Wildman–Crippen MR) is 69.0 cm³/mol. The van der Waals surface area contributed by atoms with Crippen LogP contribution in [0.25, 0.3) is 0 Å². The van der Waals surface area contributed by atoms with Gasteiger partial charge in [-0.2, -0.15) is 0 Å². The molecule has 0 amide bonds. The van der Waals surface area contributed by atoms with Crippen molar-refractivity contribution in [2.45, 2.75) is 22.4 Å². The monoisotopic (exact) mass is 313 g/mol. The zero-order chi connectivity index (χ0) is 13.9. The van der Waals surface area contributed by atoms with Crippen LogP contribution in [0, 0.1) is 10.1 Å². The van der Waals surface area contributed by atoms with Crippen LogP contribution in [-0.2, 0) is 0 Å². The maximum absolute atomic E-state index is 10.4. The number of aliphatic hydroxyl groups excluding tert-OH is 2. The van der Waals surface area contributed by atoms with Gasteiger partial charge in [0, 0.05) is 18.6 Å². The van der Waals surface area contributed by atoms with Gasteiger partial charge in [-0.1, -0.05) is 34.8 Å². The molecule has 8 heteroatoms. The van der Waals surface area contributed by atoms with E-state index in [1.807, 2.05) is 0 Å². The molecule has 1 aromatic carbocycles. The second-order valence-electron chi connectivity index (χ2n) is 3.66. The molecule has 1 aromatic rings. The molecule has 0 heterocycles. The molecule has 2 unspecified atom stereocenters. The lowest BCUT2D eigenvalue weighted by molar-refractivity contribution is -0.384. The summed E-state index contributed by atoms with van der Waals surface area (Å²) in [5.74, 6) is 0. The van der Waals surface area contributed by atoms with Gasteiger partial charge in [0.25, 0.3) is 5.69 Å². The molecule has 0 aliphatic carbocycles. The summed E-state index contributed by atoms with van der Waals surface area (Å²) < 4.78 is -1.89. The lowest BCUT2D eigenvalue weighted by Gasteiger charge is -2.21. The molecule has 0 saturated carbocycles. The van der Waals surface area contributed by atoms with Gasteiger partial charge in [-0.15, -0.1) is 0 Å². The zero-order valence-corrected chi connectivity index (χ0v) is 11.2. The zero-order valence-electron chi connectivity index (χ0n) is 8.96. The van der Waals surface area contributed by atoms with Crippen molar-refractivity contribution in [1.82, 2.24) is 0 Å². The van der Waals surface area contributed by atoms with E-state index in [2.05, 4.69) is 0 Å². The number of benzene rings is 1. The van der Waals surface area contributed by atoms with Gasteiger partial charge in [0.15, 0.2) is 0 Å². The van der Waals surface area contributed by atoms with E-state index in [0.717, 1.165) is 0 Å². The SMILES string of the molecule is O=[N+]([O-])c1ccc(C(O)CC(O)C(Cl)(Cl)Cl)cc1. The Hall–Kier alpha value is -0.590. The fourth-order valence-corrected chi connectivity index (χ4v) is 1.57. The number of hydrogen-bond donors (Lipinski definition) is 2. The minimum atomic E-state index is -1.89. The van der Waals surface area contributed by atoms with E-state index in [9.17, 15) is 20.3 Å². The van der Waals surface area contributed by atoms with Crippen molar-refractivity contribution in [2.75, 3.05) is 0 Å². The molecule has 2 atom stereocenters. The topological polar surface area (TPSA) is 83.6 Å². The van der Waals surface area contributed by atoms with Crippen molar-refractivity contribution in [3.8, 4) is 0 Å². The minimum absolute atomic E-state index is 0.0899. The Kier molecular flexibility index (Phi) is 5.19. The number of hydrogen-bond acceptors (Lipinski definition) is 4. The van der Waals surface area contributed by atoms with Crippen LogP contribution in [0.5, 0.6) is 0 Å². The van der Waals surface area contributed by atoms with Crippen LogP contribution in [0.2, 0.25) is 0 Å². The summed E-state index contributed by atoms with van der Waals surface area (Å²) in [5, 5.41) is 29.7. The highest BCUT2D eigenvalue weighted by Gasteiger charge is 2.32. The molecule has 0 fully saturated rings. The van der Waals surface area contributed by atoms with Gasteiger partial charge in [-0.05, 0) is 17.7 Å². The van der Waals surface area contributed by atoms with Crippen LogP contribution in [0.1, 0.15) is 18.1 Å². The van der Waals surface area contributed by atoms with E-state index >= 15 is 0 Å². The average Bonchev–Trinajstić information content (AvgIpc) is 2.27. The lowest BCUT2D eigenvalue weighted by atomic mass is 10.0. The Morgan fingerprint density at radius 1 is 1.22 bits per heavy atom. The summed E-state index contributed by atoms with van der Waals surface area (Å²) in [4.78, 5) is 9.89. The van der Waals surface area contributed by atoms with Crippen molar-refractivity contribution in [2.24, 2.45) is 0 Å². The number of halogens is 3. The first-order valence-electron chi connectivity index (χ1n) is 4.89. The summed E-state index contributed by atoms with van der Waals surface area (Å²) in [7, 11) is 0. The van der Waals surface area contributed by atoms with Crippen molar-refractivity contribution in [3.05, 3.63) is 39.9 Å². The molecule has 1 rings (SSSR count). The van der Waals surface area contributed by atoms with Crippen LogP contribution in [0.15, 0.2) is 24.3 Å². The molecule has 5 nitrogen and oxygen atoms in total. The fraction of sp³-hybridized carbons (Fsp3) is 0.400. The van der Waals surface area contributed by atoms with E-state index in [-0.39, 0.29) is 12.1 Å². The summed E-state index contributed by atoms with van der Waals surface area (Å²) in [6.07, 6.45) is -2.60. The second-order valence-corrected chi connectivity index (χ2v) is 6.03. The normalized spacial score (nSPS) is 15.2. The van der Waals surface area contributed by atoms with Crippen molar-refractivity contribution < 1.29 is 15.1 Å². The quantitative estimate of drug-likeness (QED) is 0.508. The number of nitro benzene ring substituents is 1. The van der Waals surface area contributed by atoms with E-state index in [4.69, 9.17) is 34.8 Å². The van der Waals surface area contributed by atoms with Crippen molar-refractivity contribution >= 4 is 40.5 Å². The molecule has 2 N–H and O–H groups in total. The van der Waals surface area contributed by atoms with Gasteiger partial charge in [0.2, 0.25) is 3.79 Å². The molecule has 18 heavy (non-hydrogen) atoms. The maximum atomic E-state index is 10.4. The number of alkyl halides is 3. The average molecular weight is 315 g/mol. The summed E-state index contributed by atoms with van der Waals surface area (Å²) >= 11 is 16.4. The van der Waals surface area contributed by atoms with Crippen molar-refractivity contribution in [3.63, 3.8) is 0 Å². The van der Waals surface area contributed by atoms with Crippen LogP contribution in [0.3, 0.4) is 0 Å². The maximum Gasteiger partial charge on any atom is 0.269 e. The first-order valence-corrected chi connectivity index (χ1v) is 6.02. The summed E-state index contributed by atoms with van der Waals surface area (Å²) in [5.41, 5.74) is 0.307. The van der Waals surface area contributed by atoms with E-state index in [1.165, 1.54) is 24.3 Å². The first kappa shape index (κ1) is 15.5. The van der Waals surface area contributed by atoms with Crippen LogP contribution < -0.4 is 0 Å². The van der Waals surface area contributed by atoms with Gasteiger partial charge in [0.1, 0.15) is 6.10 Å². The summed E-state index contributed by atoms with van der Waals surface area (Å²) in [6.45, 7) is 0. The largest absolute Gasteiger partial charge is 0.389 e. The number of rotatable bonds is 4. The van der Waals surface area contributed by atoms with E-state index in [0.29, 0.717) is 5.56 Å². The number of non-ortho nitro benzene ring substituents is 1. The Morgan fingerprint density at radius 3 is 2.11 bits per heavy atom. The Morgan fingerprint density at radius 2 is 1.72 bits per heavy atom. The van der Waals surface area contributed by atoms with Crippen LogP contribution in [0.4, 0.5) is 5.69 Å². The summed E-state index contributed by atoms with van der Waals surface area (Å²) in [6, 6.07) is 5.27. The van der Waals surface area contributed by atoms with Gasteiger partial charge in [-0.25, -0.2) is 0 Å². The Labute approximate surface area is 118 Å². The minimum Gasteiger partial charge on any atom is -0.389 e. The molecule has 0 aromatic heterocycles. The molecule has 0 bridgehead atoms. The standard InChI is InChI=1S/C10H10Cl3NO4/c11-10(12,13)9(16)5-8(15)6-1-3-7(4-2-6)14(17)18/h1-4,8-9,15-16H,5H2. The molecular weight excluding hydrogens is 304 g/mol. The first-order chi connectivity index (χ1) is 8.21. The van der Waals surface area contributed by atoms with Crippen LogP contribution in [-0.4, -0.2) is 25.0 Å². The second kappa shape index (κ2) is 6.04. The number of aliphatic hydroxyl groups is 2. The molecule has 0 aliphatic rings. The fourth-order valence-electron chi connectivity index (χ4n) is 1.30. The third-order valence-corrected chi connectivity index (χ3v) is 3.07. The molecule has 100 valence electrons. The highest BCUT2D eigenvalue weighted by atomic mass is 35.6. The molecule has 0 aliphatic heterocycles. The Balaban J connectivity index is 2.73. The van der Waals surface area contributed by atoms with Gasteiger partial charge >= 0.3 is 0 Å². The highest BCUT2D eigenvalue weighted by molar-refractivity contribution is 6.68. The van der Waals surface area contributed by atoms with Crippen LogP contribution >= 0.6 is 34.8 Å². The van der Waals surface area contributed by atoms with E-state index < -0.39 is 20.9 Å². The molecular formula is C10H10Cl3NO4. The molecule has 0 spiro atoms. The third-order valence-electron chi connectivity index (χ3n) is 2.31. The molecule has 0 radical (unpaired) electrons. The lowest BCUT2D eigenvalue weighted by Crippen LogP contribution is -2.27.